The number of phenols is 2. The van der Waals surface area contributed by atoms with Gasteiger partial charge >= 0.3 is 0 Å². The molecule has 0 aliphatic heterocycles. The molecular formula is C15H17NO2. The molecule has 2 rings (SSSR count). The van der Waals surface area contributed by atoms with Crippen molar-refractivity contribution in [1.29, 1.82) is 0 Å². The molecule has 3 nitrogen and oxygen atoms in total. The van der Waals surface area contributed by atoms with E-state index < -0.39 is 0 Å². The maximum Gasteiger partial charge on any atom is 0.123 e. The van der Waals surface area contributed by atoms with Crippen LogP contribution in [0.4, 0.5) is 5.69 Å². The van der Waals surface area contributed by atoms with E-state index in [1.807, 2.05) is 38.1 Å². The summed E-state index contributed by atoms with van der Waals surface area (Å²) in [5.74, 6) is 0.591. The monoisotopic (exact) mass is 243 g/mol. The van der Waals surface area contributed by atoms with Gasteiger partial charge in [0.2, 0.25) is 0 Å². The molecule has 0 unspecified atom stereocenters. The van der Waals surface area contributed by atoms with Crippen molar-refractivity contribution in [3.05, 3.63) is 53.1 Å². The summed E-state index contributed by atoms with van der Waals surface area (Å²) in [4.78, 5) is 0. The van der Waals surface area contributed by atoms with Gasteiger partial charge in [-0.15, -0.1) is 0 Å². The Morgan fingerprint density at radius 1 is 1.06 bits per heavy atom. The molecule has 0 spiro atoms. The molecular weight excluding hydrogens is 226 g/mol. The van der Waals surface area contributed by atoms with E-state index in [1.54, 1.807) is 12.1 Å². The van der Waals surface area contributed by atoms with Crippen LogP contribution in [-0.4, -0.2) is 10.2 Å². The Labute approximate surface area is 107 Å². The zero-order valence-corrected chi connectivity index (χ0v) is 10.6. The van der Waals surface area contributed by atoms with Gasteiger partial charge in [0.1, 0.15) is 11.5 Å². The van der Waals surface area contributed by atoms with Gasteiger partial charge in [-0.25, -0.2) is 0 Å². The van der Waals surface area contributed by atoms with Crippen molar-refractivity contribution >= 4 is 5.69 Å². The highest BCUT2D eigenvalue weighted by Crippen LogP contribution is 2.28. The minimum atomic E-state index is 0.262. The van der Waals surface area contributed by atoms with Crippen LogP contribution in [0.1, 0.15) is 16.7 Å². The predicted molar refractivity (Wildman–Crippen MR) is 73.0 cm³/mol. The molecule has 2 aromatic rings. The minimum Gasteiger partial charge on any atom is -0.508 e. The maximum absolute atomic E-state index is 9.85. The van der Waals surface area contributed by atoms with E-state index >= 15 is 0 Å². The molecule has 3 N–H and O–H groups in total. The van der Waals surface area contributed by atoms with Crippen molar-refractivity contribution < 1.29 is 10.2 Å². The first-order chi connectivity index (χ1) is 8.58. The highest BCUT2D eigenvalue weighted by atomic mass is 16.3. The fourth-order valence-electron chi connectivity index (χ4n) is 1.89. The van der Waals surface area contributed by atoms with Gasteiger partial charge < -0.3 is 15.5 Å². The van der Waals surface area contributed by atoms with Crippen molar-refractivity contribution in [2.24, 2.45) is 0 Å². The van der Waals surface area contributed by atoms with Crippen molar-refractivity contribution in [2.75, 3.05) is 5.32 Å². The van der Waals surface area contributed by atoms with E-state index in [4.69, 9.17) is 0 Å². The minimum absolute atomic E-state index is 0.262. The third-order valence-electron chi connectivity index (χ3n) is 3.03. The van der Waals surface area contributed by atoms with Gasteiger partial charge in [0, 0.05) is 17.8 Å². The van der Waals surface area contributed by atoms with Crippen LogP contribution in [0.2, 0.25) is 0 Å². The molecule has 94 valence electrons. The lowest BCUT2D eigenvalue weighted by Crippen LogP contribution is -2.01. The van der Waals surface area contributed by atoms with E-state index in [-0.39, 0.29) is 5.75 Å². The number of rotatable bonds is 3. The number of aromatic hydroxyl groups is 2. The van der Waals surface area contributed by atoms with Crippen LogP contribution in [0.3, 0.4) is 0 Å². The molecule has 0 bridgehead atoms. The third-order valence-corrected chi connectivity index (χ3v) is 3.03. The van der Waals surface area contributed by atoms with Crippen LogP contribution < -0.4 is 5.32 Å². The molecule has 0 aliphatic carbocycles. The highest BCUT2D eigenvalue weighted by Gasteiger charge is 2.05. The summed E-state index contributed by atoms with van der Waals surface area (Å²) in [6.45, 7) is 4.37. The van der Waals surface area contributed by atoms with Gasteiger partial charge in [-0.2, -0.15) is 0 Å². The first-order valence-electron chi connectivity index (χ1n) is 5.89. The largest absolute Gasteiger partial charge is 0.508 e. The molecule has 0 atom stereocenters. The third kappa shape index (κ3) is 2.56. The predicted octanol–water partition coefficient (Wildman–Crippen LogP) is 3.33. The average Bonchev–Trinajstić information content (AvgIpc) is 2.35. The van der Waals surface area contributed by atoms with Crippen molar-refractivity contribution in [3.63, 3.8) is 0 Å². The smallest absolute Gasteiger partial charge is 0.123 e. The average molecular weight is 243 g/mol. The SMILES string of the molecule is Cc1ccc(NCc2cccc(O)c2)c(C)c1O. The Hall–Kier alpha value is -2.16. The fraction of sp³-hybridized carbons (Fsp3) is 0.200. The van der Waals surface area contributed by atoms with E-state index in [1.165, 1.54) is 0 Å². The fourth-order valence-corrected chi connectivity index (χ4v) is 1.89. The van der Waals surface area contributed by atoms with Gasteiger partial charge in [-0.05, 0) is 43.2 Å². The second-order valence-electron chi connectivity index (χ2n) is 4.43. The summed E-state index contributed by atoms with van der Waals surface area (Å²) in [5, 5.41) is 22.5. The van der Waals surface area contributed by atoms with E-state index in [9.17, 15) is 10.2 Å². The Morgan fingerprint density at radius 3 is 2.56 bits per heavy atom. The number of phenolic OH excluding ortho intramolecular Hbond substituents is 2. The molecule has 0 saturated carbocycles. The van der Waals surface area contributed by atoms with Gasteiger partial charge in [0.25, 0.3) is 0 Å². The lowest BCUT2D eigenvalue weighted by molar-refractivity contribution is 0.467. The summed E-state index contributed by atoms with van der Waals surface area (Å²) >= 11 is 0. The summed E-state index contributed by atoms with van der Waals surface area (Å²) in [7, 11) is 0. The molecule has 0 aromatic heterocycles. The molecule has 3 heteroatoms. The lowest BCUT2D eigenvalue weighted by Gasteiger charge is -2.12. The molecule has 18 heavy (non-hydrogen) atoms. The lowest BCUT2D eigenvalue weighted by atomic mass is 10.1. The molecule has 0 fully saturated rings. The molecule has 0 amide bonds. The van der Waals surface area contributed by atoms with E-state index in [2.05, 4.69) is 5.32 Å². The van der Waals surface area contributed by atoms with Gasteiger partial charge in [0.05, 0.1) is 0 Å². The van der Waals surface area contributed by atoms with E-state index in [0.717, 1.165) is 22.4 Å². The van der Waals surface area contributed by atoms with Crippen molar-refractivity contribution in [2.45, 2.75) is 20.4 Å². The summed E-state index contributed by atoms with van der Waals surface area (Å²) in [6.07, 6.45) is 0. The normalized spacial score (nSPS) is 10.3. The number of nitrogens with one attached hydrogen (secondary N) is 1. The number of aryl methyl sites for hydroxylation is 1. The summed E-state index contributed by atoms with van der Waals surface area (Å²) in [5.41, 5.74) is 3.61. The Morgan fingerprint density at radius 2 is 1.83 bits per heavy atom. The second-order valence-corrected chi connectivity index (χ2v) is 4.43. The molecule has 0 radical (unpaired) electrons. The van der Waals surface area contributed by atoms with Crippen molar-refractivity contribution in [1.82, 2.24) is 0 Å². The van der Waals surface area contributed by atoms with Gasteiger partial charge in [-0.3, -0.25) is 0 Å². The quantitative estimate of drug-likeness (QED) is 0.775. The Kier molecular flexibility index (Phi) is 3.42. The highest BCUT2D eigenvalue weighted by molar-refractivity contribution is 5.59. The van der Waals surface area contributed by atoms with Crippen LogP contribution in [0.15, 0.2) is 36.4 Å². The molecule has 0 saturated heterocycles. The topological polar surface area (TPSA) is 52.5 Å². The summed E-state index contributed by atoms with van der Waals surface area (Å²) in [6, 6.07) is 10.9. The van der Waals surface area contributed by atoms with Crippen molar-refractivity contribution in [3.8, 4) is 11.5 Å². The zero-order chi connectivity index (χ0) is 13.1. The van der Waals surface area contributed by atoms with Gasteiger partial charge in [-0.1, -0.05) is 18.2 Å². The number of hydrogen-bond donors (Lipinski definition) is 3. The molecule has 2 aromatic carbocycles. The van der Waals surface area contributed by atoms with Crippen LogP contribution in [0.5, 0.6) is 11.5 Å². The number of anilines is 1. The maximum atomic E-state index is 9.85. The Bertz CT molecular complexity index is 564. The molecule has 0 aliphatic rings. The first kappa shape index (κ1) is 12.3. The second kappa shape index (κ2) is 5.00. The Balaban J connectivity index is 2.14. The van der Waals surface area contributed by atoms with Crippen LogP contribution >= 0.6 is 0 Å². The first-order valence-corrected chi connectivity index (χ1v) is 5.89. The van der Waals surface area contributed by atoms with Crippen LogP contribution in [0.25, 0.3) is 0 Å². The standard InChI is InChI=1S/C15H17NO2/c1-10-6-7-14(11(2)15(10)18)16-9-12-4-3-5-13(17)8-12/h3-8,16-18H,9H2,1-2H3. The number of benzene rings is 2. The zero-order valence-electron chi connectivity index (χ0n) is 10.6. The van der Waals surface area contributed by atoms with Crippen LogP contribution in [-0.2, 0) is 6.54 Å². The van der Waals surface area contributed by atoms with Gasteiger partial charge in [0.15, 0.2) is 0 Å². The number of hydrogen-bond acceptors (Lipinski definition) is 3. The van der Waals surface area contributed by atoms with E-state index in [0.29, 0.717) is 12.3 Å². The molecule has 0 heterocycles. The summed E-state index contributed by atoms with van der Waals surface area (Å²) < 4.78 is 0. The van der Waals surface area contributed by atoms with Crippen LogP contribution in [0, 0.1) is 13.8 Å².